The second kappa shape index (κ2) is 4.41. The summed E-state index contributed by atoms with van der Waals surface area (Å²) in [5.41, 5.74) is 0.795. The molecule has 2 aromatic rings. The summed E-state index contributed by atoms with van der Waals surface area (Å²) in [5, 5.41) is 0. The number of carbonyl (C=O) groups is 1. The van der Waals surface area contributed by atoms with E-state index in [0.29, 0.717) is 0 Å². The van der Waals surface area contributed by atoms with Crippen LogP contribution in [0.1, 0.15) is 36.0 Å². The van der Waals surface area contributed by atoms with E-state index in [0.717, 1.165) is 31.2 Å². The van der Waals surface area contributed by atoms with Crippen LogP contribution in [0.5, 0.6) is 0 Å². The van der Waals surface area contributed by atoms with Crippen LogP contribution in [-0.4, -0.2) is 15.5 Å². The van der Waals surface area contributed by atoms with Crippen LogP contribution < -0.4 is 0 Å². The van der Waals surface area contributed by atoms with Gasteiger partial charge in [-0.15, -0.1) is 0 Å². The first-order valence-electron chi connectivity index (χ1n) is 6.41. The Balaban J connectivity index is 2.05. The summed E-state index contributed by atoms with van der Waals surface area (Å²) < 4.78 is 1.62. The van der Waals surface area contributed by atoms with Gasteiger partial charge in [-0.25, -0.2) is 4.98 Å². The maximum absolute atomic E-state index is 12.8. The Morgan fingerprint density at radius 2 is 1.89 bits per heavy atom. The summed E-state index contributed by atoms with van der Waals surface area (Å²) in [6, 6.07) is 10.2. The van der Waals surface area contributed by atoms with Gasteiger partial charge in [0, 0.05) is 12.4 Å². The van der Waals surface area contributed by atoms with Gasteiger partial charge < -0.3 is 0 Å². The Morgan fingerprint density at radius 1 is 1.17 bits per heavy atom. The van der Waals surface area contributed by atoms with Gasteiger partial charge in [0.25, 0.3) is 0 Å². The molecule has 18 heavy (non-hydrogen) atoms. The molecule has 0 saturated heterocycles. The van der Waals surface area contributed by atoms with E-state index < -0.39 is 0 Å². The first-order valence-corrected chi connectivity index (χ1v) is 6.41. The van der Waals surface area contributed by atoms with Gasteiger partial charge in [0.05, 0.1) is 5.41 Å². The number of imidazole rings is 1. The standard InChI is InChI=1S/C15H16N2O/c18-14(17-11-10-16-12-17)15(8-4-5-9-15)13-6-2-1-3-7-13/h1-3,6-7,10-12H,4-5,8-9H2. The molecule has 1 aliphatic rings. The Hall–Kier alpha value is -1.90. The van der Waals surface area contributed by atoms with Gasteiger partial charge in [-0.05, 0) is 18.4 Å². The van der Waals surface area contributed by atoms with Crippen LogP contribution in [0.15, 0.2) is 49.1 Å². The molecule has 0 aliphatic heterocycles. The lowest BCUT2D eigenvalue weighted by atomic mass is 9.78. The number of hydrogen-bond donors (Lipinski definition) is 0. The van der Waals surface area contributed by atoms with Crippen molar-refractivity contribution in [2.75, 3.05) is 0 Å². The highest BCUT2D eigenvalue weighted by Gasteiger charge is 2.43. The van der Waals surface area contributed by atoms with Crippen molar-refractivity contribution in [3.05, 3.63) is 54.6 Å². The van der Waals surface area contributed by atoms with E-state index in [4.69, 9.17) is 0 Å². The van der Waals surface area contributed by atoms with E-state index in [1.165, 1.54) is 0 Å². The van der Waals surface area contributed by atoms with Crippen molar-refractivity contribution in [2.24, 2.45) is 0 Å². The predicted octanol–water partition coefficient (Wildman–Crippen LogP) is 3.04. The predicted molar refractivity (Wildman–Crippen MR) is 69.4 cm³/mol. The Morgan fingerprint density at radius 3 is 2.50 bits per heavy atom. The molecule has 92 valence electrons. The molecule has 3 nitrogen and oxygen atoms in total. The van der Waals surface area contributed by atoms with E-state index in [2.05, 4.69) is 17.1 Å². The van der Waals surface area contributed by atoms with Crippen molar-refractivity contribution < 1.29 is 4.79 Å². The van der Waals surface area contributed by atoms with E-state index in [1.54, 1.807) is 23.3 Å². The molecule has 0 atom stereocenters. The summed E-state index contributed by atoms with van der Waals surface area (Å²) in [6.45, 7) is 0. The maximum atomic E-state index is 12.8. The molecule has 1 aliphatic carbocycles. The summed E-state index contributed by atoms with van der Waals surface area (Å²) in [5.74, 6) is 0.156. The molecule has 1 aromatic heterocycles. The summed E-state index contributed by atoms with van der Waals surface area (Å²) in [7, 11) is 0. The quantitative estimate of drug-likeness (QED) is 0.808. The molecule has 0 spiro atoms. The molecule has 3 rings (SSSR count). The topological polar surface area (TPSA) is 34.9 Å². The SMILES string of the molecule is O=C(n1ccnc1)C1(c2ccccc2)CCCC1. The highest BCUT2D eigenvalue weighted by atomic mass is 16.2. The van der Waals surface area contributed by atoms with Crippen LogP contribution in [0.25, 0.3) is 0 Å². The minimum atomic E-state index is -0.345. The highest BCUT2D eigenvalue weighted by Crippen LogP contribution is 2.42. The maximum Gasteiger partial charge on any atom is 0.242 e. The zero-order valence-corrected chi connectivity index (χ0v) is 10.2. The number of nitrogens with zero attached hydrogens (tertiary/aromatic N) is 2. The molecule has 1 heterocycles. The molecule has 0 bridgehead atoms. The van der Waals surface area contributed by atoms with Crippen LogP contribution >= 0.6 is 0 Å². The van der Waals surface area contributed by atoms with E-state index in [9.17, 15) is 4.79 Å². The van der Waals surface area contributed by atoms with Crippen molar-refractivity contribution in [1.29, 1.82) is 0 Å². The van der Waals surface area contributed by atoms with E-state index in [1.807, 2.05) is 18.2 Å². The lowest BCUT2D eigenvalue weighted by Gasteiger charge is -2.27. The minimum Gasteiger partial charge on any atom is -0.276 e. The van der Waals surface area contributed by atoms with Crippen molar-refractivity contribution >= 4 is 5.91 Å². The van der Waals surface area contributed by atoms with Crippen molar-refractivity contribution in [3.63, 3.8) is 0 Å². The second-order valence-corrected chi connectivity index (χ2v) is 4.93. The lowest BCUT2D eigenvalue weighted by molar-refractivity contribution is 0.0797. The van der Waals surface area contributed by atoms with Crippen molar-refractivity contribution in [1.82, 2.24) is 9.55 Å². The molecule has 0 unspecified atom stereocenters. The number of carbonyl (C=O) groups excluding carboxylic acids is 1. The van der Waals surface area contributed by atoms with Crippen LogP contribution in [-0.2, 0) is 5.41 Å². The van der Waals surface area contributed by atoms with Crippen LogP contribution in [0, 0.1) is 0 Å². The molecule has 1 fully saturated rings. The number of rotatable bonds is 2. The molecule has 0 N–H and O–H groups in total. The molecular weight excluding hydrogens is 224 g/mol. The Kier molecular flexibility index (Phi) is 2.74. The van der Waals surface area contributed by atoms with Gasteiger partial charge in [-0.3, -0.25) is 9.36 Å². The third-order valence-corrected chi connectivity index (χ3v) is 3.93. The Labute approximate surface area is 106 Å². The largest absolute Gasteiger partial charge is 0.276 e. The average molecular weight is 240 g/mol. The van der Waals surface area contributed by atoms with E-state index in [-0.39, 0.29) is 11.3 Å². The van der Waals surface area contributed by atoms with Gasteiger partial charge in [0.15, 0.2) is 0 Å². The van der Waals surface area contributed by atoms with Crippen LogP contribution in [0.3, 0.4) is 0 Å². The average Bonchev–Trinajstić information content (AvgIpc) is 3.11. The molecule has 3 heteroatoms. The second-order valence-electron chi connectivity index (χ2n) is 4.93. The van der Waals surface area contributed by atoms with Gasteiger partial charge in [0.1, 0.15) is 6.33 Å². The highest BCUT2D eigenvalue weighted by molar-refractivity contribution is 5.90. The zero-order valence-electron chi connectivity index (χ0n) is 10.2. The summed E-state index contributed by atoms with van der Waals surface area (Å²) >= 11 is 0. The van der Waals surface area contributed by atoms with E-state index >= 15 is 0 Å². The lowest BCUT2D eigenvalue weighted by Crippen LogP contribution is -2.36. The van der Waals surface area contributed by atoms with Crippen molar-refractivity contribution in [2.45, 2.75) is 31.1 Å². The van der Waals surface area contributed by atoms with Gasteiger partial charge in [-0.2, -0.15) is 0 Å². The molecule has 1 saturated carbocycles. The third-order valence-electron chi connectivity index (χ3n) is 3.93. The van der Waals surface area contributed by atoms with Crippen LogP contribution in [0.4, 0.5) is 0 Å². The zero-order chi connectivity index (χ0) is 12.4. The first-order chi connectivity index (χ1) is 8.83. The molecule has 1 aromatic carbocycles. The fourth-order valence-corrected chi connectivity index (χ4v) is 2.99. The monoisotopic (exact) mass is 240 g/mol. The number of aromatic nitrogens is 2. The first kappa shape index (κ1) is 11.2. The van der Waals surface area contributed by atoms with Gasteiger partial charge in [0.2, 0.25) is 5.91 Å². The van der Waals surface area contributed by atoms with Crippen LogP contribution in [0.2, 0.25) is 0 Å². The summed E-state index contributed by atoms with van der Waals surface area (Å²) in [6.07, 6.45) is 9.12. The third kappa shape index (κ3) is 1.67. The number of hydrogen-bond acceptors (Lipinski definition) is 2. The molecular formula is C15H16N2O. The summed E-state index contributed by atoms with van der Waals surface area (Å²) in [4.78, 5) is 16.7. The van der Waals surface area contributed by atoms with Gasteiger partial charge >= 0.3 is 0 Å². The smallest absolute Gasteiger partial charge is 0.242 e. The Bertz CT molecular complexity index is 525. The minimum absolute atomic E-state index is 0.156. The fraction of sp³-hybridized carbons (Fsp3) is 0.333. The normalized spacial score (nSPS) is 17.8. The molecule has 0 radical (unpaired) electrons. The van der Waals surface area contributed by atoms with Gasteiger partial charge in [-0.1, -0.05) is 43.2 Å². The molecule has 0 amide bonds. The van der Waals surface area contributed by atoms with Crippen molar-refractivity contribution in [3.8, 4) is 0 Å². The fourth-order valence-electron chi connectivity index (χ4n) is 2.99. The number of benzene rings is 1.